The fourth-order valence-electron chi connectivity index (χ4n) is 3.50. The molecule has 7 heteroatoms. The van der Waals surface area contributed by atoms with Crippen molar-refractivity contribution >= 4 is 40.1 Å². The predicted octanol–water partition coefficient (Wildman–Crippen LogP) is 6.34. The molecule has 0 radical (unpaired) electrons. The first-order valence-corrected chi connectivity index (χ1v) is 11.0. The van der Waals surface area contributed by atoms with Crippen molar-refractivity contribution in [3.05, 3.63) is 62.7 Å². The number of aryl methyl sites for hydroxylation is 1. The number of carbonyl (C=O) groups is 1. The van der Waals surface area contributed by atoms with Crippen LogP contribution in [0.5, 0.6) is 0 Å². The Balaban J connectivity index is 1.59. The first kappa shape index (κ1) is 20.4. The zero-order valence-electron chi connectivity index (χ0n) is 16.4. The highest BCUT2D eigenvalue weighted by Gasteiger charge is 2.20. The summed E-state index contributed by atoms with van der Waals surface area (Å²) >= 11 is 7.72. The number of fused-ring (bicyclic) bond motifs is 1. The van der Waals surface area contributed by atoms with Gasteiger partial charge in [0.1, 0.15) is 22.6 Å². The monoisotopic (exact) mass is 438 g/mol. The lowest BCUT2D eigenvalue weighted by Crippen LogP contribution is -2.05. The number of aliphatic imine (C=N–C) groups is 1. The topological polar surface area (TPSA) is 75.6 Å². The van der Waals surface area contributed by atoms with Crippen molar-refractivity contribution in [2.75, 3.05) is 6.61 Å². The van der Waals surface area contributed by atoms with Gasteiger partial charge in [-0.3, -0.25) is 0 Å². The second-order valence-electron chi connectivity index (χ2n) is 6.88. The molecule has 152 valence electrons. The van der Waals surface area contributed by atoms with E-state index >= 15 is 0 Å². The van der Waals surface area contributed by atoms with Crippen molar-refractivity contribution in [2.24, 2.45) is 4.99 Å². The number of benzene rings is 1. The number of halogens is 1. The second kappa shape index (κ2) is 8.86. The molecule has 2 heterocycles. The standard InChI is InChI=1S/C23H19ClN2O3S/c1-2-28-23(27)17-11-14(7-9-19(17)24)20-10-8-15(29-20)13-26-22-18(12-25)16-5-3-4-6-21(16)30-22/h7-11,13H,2-6H2,1H3. The quantitative estimate of drug-likeness (QED) is 0.344. The van der Waals surface area contributed by atoms with Gasteiger partial charge in [-0.05, 0) is 68.5 Å². The van der Waals surface area contributed by atoms with Gasteiger partial charge in [-0.25, -0.2) is 9.79 Å². The van der Waals surface area contributed by atoms with E-state index in [-0.39, 0.29) is 6.61 Å². The lowest BCUT2D eigenvalue weighted by molar-refractivity contribution is 0.0526. The number of nitrogens with zero attached hydrogens (tertiary/aromatic N) is 2. The zero-order valence-corrected chi connectivity index (χ0v) is 18.0. The summed E-state index contributed by atoms with van der Waals surface area (Å²) in [5.41, 5.74) is 2.86. The molecule has 0 fully saturated rings. The lowest BCUT2D eigenvalue weighted by Gasteiger charge is -2.09. The van der Waals surface area contributed by atoms with Gasteiger partial charge in [0.25, 0.3) is 0 Å². The van der Waals surface area contributed by atoms with E-state index in [0.29, 0.717) is 33.2 Å². The first-order valence-electron chi connectivity index (χ1n) is 9.76. The number of thiophene rings is 1. The number of carbonyl (C=O) groups excluding carboxylic acids is 1. The highest BCUT2D eigenvalue weighted by Crippen LogP contribution is 2.39. The summed E-state index contributed by atoms with van der Waals surface area (Å²) in [6.07, 6.45) is 5.89. The number of nitriles is 1. The van der Waals surface area contributed by atoms with E-state index in [0.717, 1.165) is 36.2 Å². The summed E-state index contributed by atoms with van der Waals surface area (Å²) in [4.78, 5) is 17.9. The SMILES string of the molecule is CCOC(=O)c1cc(-c2ccc(C=Nc3sc4c(c3C#N)CCCC4)o2)ccc1Cl. The largest absolute Gasteiger partial charge is 0.462 e. The summed E-state index contributed by atoms with van der Waals surface area (Å²) < 4.78 is 10.9. The molecule has 30 heavy (non-hydrogen) atoms. The van der Waals surface area contributed by atoms with Gasteiger partial charge in [-0.2, -0.15) is 5.26 Å². The summed E-state index contributed by atoms with van der Waals surface area (Å²) in [5, 5.41) is 10.6. The minimum atomic E-state index is -0.469. The van der Waals surface area contributed by atoms with Crippen LogP contribution in [0.4, 0.5) is 5.00 Å². The van der Waals surface area contributed by atoms with Gasteiger partial charge in [0.2, 0.25) is 0 Å². The molecular formula is C23H19ClN2O3S. The van der Waals surface area contributed by atoms with Crippen molar-refractivity contribution in [3.8, 4) is 17.4 Å². The Labute approximate surface area is 183 Å². The van der Waals surface area contributed by atoms with E-state index in [2.05, 4.69) is 11.1 Å². The minimum Gasteiger partial charge on any atom is -0.462 e. The third kappa shape index (κ3) is 4.04. The van der Waals surface area contributed by atoms with E-state index in [1.807, 2.05) is 6.07 Å². The number of hydrogen-bond acceptors (Lipinski definition) is 6. The third-order valence-corrected chi connectivity index (χ3v) is 6.48. The second-order valence-corrected chi connectivity index (χ2v) is 8.37. The van der Waals surface area contributed by atoms with Crippen molar-refractivity contribution in [1.29, 1.82) is 5.26 Å². The summed E-state index contributed by atoms with van der Waals surface area (Å²) in [7, 11) is 0. The van der Waals surface area contributed by atoms with Crippen molar-refractivity contribution in [3.63, 3.8) is 0 Å². The van der Waals surface area contributed by atoms with Crippen LogP contribution < -0.4 is 0 Å². The van der Waals surface area contributed by atoms with Crippen LogP contribution in [0, 0.1) is 11.3 Å². The van der Waals surface area contributed by atoms with E-state index in [1.54, 1.807) is 48.7 Å². The van der Waals surface area contributed by atoms with Crippen LogP contribution in [0.25, 0.3) is 11.3 Å². The Kier molecular flexibility index (Phi) is 6.03. The molecule has 0 N–H and O–H groups in total. The van der Waals surface area contributed by atoms with Gasteiger partial charge in [0.05, 0.1) is 29.0 Å². The van der Waals surface area contributed by atoms with Crippen LogP contribution >= 0.6 is 22.9 Å². The Morgan fingerprint density at radius 2 is 2.17 bits per heavy atom. The van der Waals surface area contributed by atoms with Crippen LogP contribution in [-0.4, -0.2) is 18.8 Å². The molecule has 1 aliphatic carbocycles. The molecular weight excluding hydrogens is 420 g/mol. The van der Waals surface area contributed by atoms with Crippen molar-refractivity contribution in [2.45, 2.75) is 32.6 Å². The smallest absolute Gasteiger partial charge is 0.339 e. The number of hydrogen-bond donors (Lipinski definition) is 0. The number of rotatable bonds is 5. The predicted molar refractivity (Wildman–Crippen MR) is 118 cm³/mol. The molecule has 0 spiro atoms. The van der Waals surface area contributed by atoms with E-state index < -0.39 is 5.97 Å². The zero-order chi connectivity index (χ0) is 21.1. The first-order chi connectivity index (χ1) is 14.6. The maximum Gasteiger partial charge on any atom is 0.339 e. The van der Waals surface area contributed by atoms with Crippen LogP contribution in [0.15, 0.2) is 39.7 Å². The molecule has 1 aromatic carbocycles. The molecule has 1 aliphatic rings. The van der Waals surface area contributed by atoms with Gasteiger partial charge >= 0.3 is 5.97 Å². The fraction of sp³-hybridized carbons (Fsp3) is 0.261. The average molecular weight is 439 g/mol. The maximum absolute atomic E-state index is 12.1. The van der Waals surface area contributed by atoms with E-state index in [4.69, 9.17) is 20.8 Å². The number of esters is 1. The Hall–Kier alpha value is -2.88. The van der Waals surface area contributed by atoms with Crippen molar-refractivity contribution in [1.82, 2.24) is 0 Å². The fourth-order valence-corrected chi connectivity index (χ4v) is 4.88. The molecule has 0 bridgehead atoms. The van der Waals surface area contributed by atoms with Gasteiger partial charge in [-0.1, -0.05) is 11.6 Å². The maximum atomic E-state index is 12.1. The number of furan rings is 1. The van der Waals surface area contributed by atoms with Gasteiger partial charge < -0.3 is 9.15 Å². The van der Waals surface area contributed by atoms with Gasteiger partial charge in [-0.15, -0.1) is 11.3 Å². The van der Waals surface area contributed by atoms with Crippen LogP contribution in [0.2, 0.25) is 5.02 Å². The molecule has 0 atom stereocenters. The molecule has 0 saturated heterocycles. The normalized spacial score (nSPS) is 13.2. The average Bonchev–Trinajstić information content (AvgIpc) is 3.36. The molecule has 2 aromatic heterocycles. The molecule has 0 amide bonds. The number of ether oxygens (including phenoxy) is 1. The van der Waals surface area contributed by atoms with E-state index in [1.165, 1.54) is 4.88 Å². The molecule has 5 nitrogen and oxygen atoms in total. The van der Waals surface area contributed by atoms with Crippen molar-refractivity contribution < 1.29 is 13.9 Å². The van der Waals surface area contributed by atoms with E-state index in [9.17, 15) is 10.1 Å². The van der Waals surface area contributed by atoms with Crippen LogP contribution in [-0.2, 0) is 17.6 Å². The minimum absolute atomic E-state index is 0.275. The Morgan fingerprint density at radius 3 is 2.97 bits per heavy atom. The molecule has 4 rings (SSSR count). The summed E-state index contributed by atoms with van der Waals surface area (Å²) in [6.45, 7) is 2.02. The molecule has 0 saturated carbocycles. The molecule has 0 unspecified atom stereocenters. The van der Waals surface area contributed by atoms with Gasteiger partial charge in [0, 0.05) is 10.4 Å². The Morgan fingerprint density at radius 1 is 1.33 bits per heavy atom. The summed E-state index contributed by atoms with van der Waals surface area (Å²) in [6, 6.07) is 11.0. The molecule has 0 aliphatic heterocycles. The van der Waals surface area contributed by atoms with Crippen LogP contribution in [0.3, 0.4) is 0 Å². The van der Waals surface area contributed by atoms with Crippen LogP contribution in [0.1, 0.15) is 51.9 Å². The molecule has 3 aromatic rings. The Bertz CT molecular complexity index is 1170. The lowest BCUT2D eigenvalue weighted by atomic mass is 9.96. The highest BCUT2D eigenvalue weighted by molar-refractivity contribution is 7.16. The highest BCUT2D eigenvalue weighted by atomic mass is 35.5. The van der Waals surface area contributed by atoms with Gasteiger partial charge in [0.15, 0.2) is 0 Å². The summed E-state index contributed by atoms with van der Waals surface area (Å²) in [5.74, 6) is 0.681. The third-order valence-electron chi connectivity index (χ3n) is 4.95.